The molecule has 2 N–H and O–H groups in total. The molecule has 0 radical (unpaired) electrons. The van der Waals surface area contributed by atoms with Gasteiger partial charge in [-0.05, 0) is 23.8 Å². The van der Waals surface area contributed by atoms with Crippen molar-refractivity contribution in [2.45, 2.75) is 12.8 Å². The molecule has 4 aromatic rings. The molecule has 1 heterocycles. The summed E-state index contributed by atoms with van der Waals surface area (Å²) in [5.41, 5.74) is 8.05. The number of para-hydroxylation sites is 3. The van der Waals surface area contributed by atoms with E-state index in [9.17, 15) is 9.59 Å². The first kappa shape index (κ1) is 20.2. The van der Waals surface area contributed by atoms with Gasteiger partial charge in [0, 0.05) is 18.4 Å². The van der Waals surface area contributed by atoms with Crippen LogP contribution in [0, 0.1) is 0 Å². The smallest absolute Gasteiger partial charge is 0.276 e. The van der Waals surface area contributed by atoms with Gasteiger partial charge in [-0.3, -0.25) is 20.4 Å². The fourth-order valence-corrected chi connectivity index (χ4v) is 3.08. The molecule has 7 heteroatoms. The number of oxazole rings is 1. The van der Waals surface area contributed by atoms with Gasteiger partial charge in [0.15, 0.2) is 18.1 Å². The molecule has 4 rings (SSSR count). The molecule has 0 saturated carbocycles. The Kier molecular flexibility index (Phi) is 6.23. The van der Waals surface area contributed by atoms with Crippen LogP contribution in [0.1, 0.15) is 12.3 Å². The number of ether oxygens (including phenoxy) is 1. The lowest BCUT2D eigenvalue weighted by molar-refractivity contribution is -0.130. The molecule has 0 saturated heterocycles. The Morgan fingerprint density at radius 1 is 0.839 bits per heavy atom. The van der Waals surface area contributed by atoms with Crippen molar-refractivity contribution in [1.82, 2.24) is 15.8 Å². The normalized spacial score (nSPS) is 10.6. The Labute approximate surface area is 179 Å². The molecule has 31 heavy (non-hydrogen) atoms. The number of fused-ring (bicyclic) bond motifs is 1. The molecule has 0 bridgehead atoms. The molecule has 3 aromatic carbocycles. The van der Waals surface area contributed by atoms with Crippen molar-refractivity contribution in [3.63, 3.8) is 0 Å². The van der Waals surface area contributed by atoms with E-state index < -0.39 is 5.91 Å². The van der Waals surface area contributed by atoms with Crippen molar-refractivity contribution in [3.8, 4) is 16.9 Å². The molecule has 0 atom stereocenters. The standard InChI is InChI=1S/C24H21N3O4/c28-22(14-15-24-25-19-11-5-7-13-21(19)31-24)26-27-23(29)16-30-20-12-6-4-10-18(20)17-8-2-1-3-9-17/h1-13H,14-16H2,(H,26,28)(H,27,29). The lowest BCUT2D eigenvalue weighted by atomic mass is 10.1. The summed E-state index contributed by atoms with van der Waals surface area (Å²) >= 11 is 0. The zero-order valence-electron chi connectivity index (χ0n) is 16.7. The monoisotopic (exact) mass is 415 g/mol. The number of nitrogens with one attached hydrogen (secondary N) is 2. The highest BCUT2D eigenvalue weighted by atomic mass is 16.5. The van der Waals surface area contributed by atoms with Gasteiger partial charge in [0.05, 0.1) is 0 Å². The summed E-state index contributed by atoms with van der Waals surface area (Å²) in [6.07, 6.45) is 0.460. The quantitative estimate of drug-likeness (QED) is 0.450. The minimum atomic E-state index is -0.460. The van der Waals surface area contributed by atoms with Crippen LogP contribution in [-0.4, -0.2) is 23.4 Å². The predicted octanol–water partition coefficient (Wildman–Crippen LogP) is 3.65. The first-order valence-electron chi connectivity index (χ1n) is 9.88. The maximum Gasteiger partial charge on any atom is 0.276 e. The zero-order chi connectivity index (χ0) is 21.5. The molecule has 0 aliphatic heterocycles. The Morgan fingerprint density at radius 3 is 2.39 bits per heavy atom. The average Bonchev–Trinajstić information content (AvgIpc) is 3.24. The van der Waals surface area contributed by atoms with Crippen molar-refractivity contribution in [1.29, 1.82) is 0 Å². The van der Waals surface area contributed by atoms with Gasteiger partial charge in [0.1, 0.15) is 11.3 Å². The highest BCUT2D eigenvalue weighted by Crippen LogP contribution is 2.29. The van der Waals surface area contributed by atoms with E-state index in [4.69, 9.17) is 9.15 Å². The second-order valence-electron chi connectivity index (χ2n) is 6.82. The molecule has 0 fully saturated rings. The minimum Gasteiger partial charge on any atom is -0.483 e. The van der Waals surface area contributed by atoms with Crippen LogP contribution in [0.5, 0.6) is 5.75 Å². The van der Waals surface area contributed by atoms with Crippen LogP contribution in [0.15, 0.2) is 83.3 Å². The number of carbonyl (C=O) groups excluding carboxylic acids is 2. The molecule has 156 valence electrons. The van der Waals surface area contributed by atoms with E-state index in [0.29, 0.717) is 23.6 Å². The maximum atomic E-state index is 12.1. The first-order valence-corrected chi connectivity index (χ1v) is 9.88. The number of aryl methyl sites for hydroxylation is 1. The Balaban J connectivity index is 1.24. The summed E-state index contributed by atoms with van der Waals surface area (Å²) in [7, 11) is 0. The molecule has 2 amide bonds. The summed E-state index contributed by atoms with van der Waals surface area (Å²) in [6, 6.07) is 24.6. The number of benzene rings is 3. The number of amides is 2. The van der Waals surface area contributed by atoms with Crippen molar-refractivity contribution < 1.29 is 18.7 Å². The van der Waals surface area contributed by atoms with Crippen molar-refractivity contribution in [2.75, 3.05) is 6.61 Å². The highest BCUT2D eigenvalue weighted by Gasteiger charge is 2.11. The molecule has 0 aliphatic carbocycles. The van der Waals surface area contributed by atoms with Crippen molar-refractivity contribution in [3.05, 3.63) is 84.8 Å². The fourth-order valence-electron chi connectivity index (χ4n) is 3.08. The Hall–Kier alpha value is -4.13. The molecular formula is C24H21N3O4. The number of hydrogen-bond acceptors (Lipinski definition) is 5. The molecule has 0 unspecified atom stereocenters. The van der Waals surface area contributed by atoms with E-state index in [0.717, 1.165) is 16.6 Å². The van der Waals surface area contributed by atoms with Gasteiger partial charge in [-0.1, -0.05) is 60.7 Å². The molecule has 1 aromatic heterocycles. The third-order valence-corrected chi connectivity index (χ3v) is 4.58. The van der Waals surface area contributed by atoms with Gasteiger partial charge in [-0.15, -0.1) is 0 Å². The molecule has 7 nitrogen and oxygen atoms in total. The Morgan fingerprint density at radius 2 is 1.55 bits per heavy atom. The van der Waals surface area contributed by atoms with E-state index in [2.05, 4.69) is 15.8 Å². The van der Waals surface area contributed by atoms with Crippen molar-refractivity contribution >= 4 is 22.9 Å². The largest absolute Gasteiger partial charge is 0.483 e. The van der Waals surface area contributed by atoms with Gasteiger partial charge >= 0.3 is 0 Å². The lowest BCUT2D eigenvalue weighted by Gasteiger charge is -2.12. The Bertz CT molecular complexity index is 1150. The summed E-state index contributed by atoms with van der Waals surface area (Å²) in [5.74, 6) is 0.257. The van der Waals surface area contributed by atoms with Gasteiger partial charge in [0.2, 0.25) is 5.91 Å². The second-order valence-corrected chi connectivity index (χ2v) is 6.82. The number of hydrogen-bond donors (Lipinski definition) is 2. The topological polar surface area (TPSA) is 93.5 Å². The van der Waals surface area contributed by atoms with Gasteiger partial charge in [-0.2, -0.15) is 0 Å². The zero-order valence-corrected chi connectivity index (χ0v) is 16.7. The summed E-state index contributed by atoms with van der Waals surface area (Å²) in [4.78, 5) is 28.4. The predicted molar refractivity (Wildman–Crippen MR) is 116 cm³/mol. The summed E-state index contributed by atoms with van der Waals surface area (Å²) < 4.78 is 11.2. The summed E-state index contributed by atoms with van der Waals surface area (Å²) in [5, 5.41) is 0. The van der Waals surface area contributed by atoms with Crippen LogP contribution in [0.4, 0.5) is 0 Å². The van der Waals surface area contributed by atoms with E-state index in [1.807, 2.05) is 72.8 Å². The van der Waals surface area contributed by atoms with Crippen LogP contribution in [0.3, 0.4) is 0 Å². The van der Waals surface area contributed by atoms with Crippen LogP contribution in [0.25, 0.3) is 22.2 Å². The van der Waals surface area contributed by atoms with Gasteiger partial charge in [0.25, 0.3) is 5.91 Å². The van der Waals surface area contributed by atoms with Gasteiger partial charge in [-0.25, -0.2) is 4.98 Å². The SMILES string of the molecule is O=C(CCc1nc2ccccc2o1)NNC(=O)COc1ccccc1-c1ccccc1. The number of carbonyl (C=O) groups is 2. The van der Waals surface area contributed by atoms with Gasteiger partial charge < -0.3 is 9.15 Å². The minimum absolute atomic E-state index is 0.130. The number of hydrazine groups is 1. The molecule has 0 spiro atoms. The second kappa shape index (κ2) is 9.58. The molecule has 0 aliphatic rings. The first-order chi connectivity index (χ1) is 15.2. The number of nitrogens with zero attached hydrogens (tertiary/aromatic N) is 1. The lowest BCUT2D eigenvalue weighted by Crippen LogP contribution is -2.43. The third kappa shape index (κ3) is 5.27. The van der Waals surface area contributed by atoms with Crippen LogP contribution < -0.4 is 15.6 Å². The van der Waals surface area contributed by atoms with Crippen LogP contribution in [0.2, 0.25) is 0 Å². The summed E-state index contributed by atoms with van der Waals surface area (Å²) in [6.45, 7) is -0.227. The number of rotatable bonds is 7. The van der Waals surface area contributed by atoms with E-state index in [1.54, 1.807) is 6.07 Å². The van der Waals surface area contributed by atoms with E-state index in [-0.39, 0.29) is 18.9 Å². The third-order valence-electron chi connectivity index (χ3n) is 4.58. The highest BCUT2D eigenvalue weighted by molar-refractivity contribution is 5.83. The van der Waals surface area contributed by atoms with E-state index >= 15 is 0 Å². The van der Waals surface area contributed by atoms with Crippen LogP contribution >= 0.6 is 0 Å². The van der Waals surface area contributed by atoms with E-state index in [1.165, 1.54) is 0 Å². The maximum absolute atomic E-state index is 12.1. The fraction of sp³-hybridized carbons (Fsp3) is 0.125. The molecular weight excluding hydrogens is 394 g/mol. The number of aromatic nitrogens is 1. The average molecular weight is 415 g/mol. The van der Waals surface area contributed by atoms with Crippen LogP contribution in [-0.2, 0) is 16.0 Å². The van der Waals surface area contributed by atoms with Crippen molar-refractivity contribution in [2.24, 2.45) is 0 Å².